The summed E-state index contributed by atoms with van der Waals surface area (Å²) in [5.74, 6) is 0.199. The van der Waals surface area contributed by atoms with E-state index in [1.807, 2.05) is 13.2 Å². The van der Waals surface area contributed by atoms with E-state index >= 15 is 0 Å². The number of carbonyl (C=O) groups is 1. The Balaban J connectivity index is 2.06. The van der Waals surface area contributed by atoms with E-state index in [2.05, 4.69) is 10.1 Å². The highest BCUT2D eigenvalue weighted by molar-refractivity contribution is 8.00. The number of nitrogens with two attached hydrogens (primary N) is 1. The Labute approximate surface area is 126 Å². The van der Waals surface area contributed by atoms with Gasteiger partial charge in [0.15, 0.2) is 5.84 Å². The molecule has 3 N–H and O–H groups in total. The largest absolute Gasteiger partial charge is 0.409 e. The first-order valence-electron chi connectivity index (χ1n) is 6.27. The van der Waals surface area contributed by atoms with Gasteiger partial charge in [0, 0.05) is 18.5 Å². The maximum Gasteiger partial charge on any atom is 0.273 e. The average Bonchev–Trinajstić information content (AvgIpc) is 2.92. The number of amides is 1. The summed E-state index contributed by atoms with van der Waals surface area (Å²) in [6, 6.07) is 0. The van der Waals surface area contributed by atoms with E-state index in [0.29, 0.717) is 31.6 Å². The van der Waals surface area contributed by atoms with Crippen molar-refractivity contribution in [2.75, 3.05) is 19.3 Å². The molecular formula is C12H18N4O2S2. The molecule has 1 saturated heterocycles. The molecule has 0 unspecified atom stereocenters. The number of carbonyl (C=O) groups excluding carboxylic acids is 1. The standard InChI is InChI=1S/C12H18N4O2S2/c1-8-14-9(7-20-8)10(17)16-5-3-12(19-2,4-6-16)11(13)15-18/h7,18H,3-6H2,1-2H3,(H2,13,15). The van der Waals surface area contributed by atoms with Crippen molar-refractivity contribution in [1.82, 2.24) is 9.88 Å². The summed E-state index contributed by atoms with van der Waals surface area (Å²) in [5.41, 5.74) is 6.30. The second kappa shape index (κ2) is 6.01. The number of likely N-dealkylation sites (tertiary alicyclic amines) is 1. The van der Waals surface area contributed by atoms with E-state index < -0.39 is 0 Å². The number of hydrogen-bond acceptors (Lipinski definition) is 6. The lowest BCUT2D eigenvalue weighted by Gasteiger charge is -2.39. The molecule has 8 heteroatoms. The number of amidine groups is 1. The van der Waals surface area contributed by atoms with Crippen LogP contribution in [0, 0.1) is 6.92 Å². The van der Waals surface area contributed by atoms with Gasteiger partial charge >= 0.3 is 0 Å². The first-order valence-corrected chi connectivity index (χ1v) is 8.37. The maximum atomic E-state index is 12.3. The van der Waals surface area contributed by atoms with Crippen LogP contribution in [0.15, 0.2) is 10.5 Å². The summed E-state index contributed by atoms with van der Waals surface area (Å²) < 4.78 is -0.372. The van der Waals surface area contributed by atoms with E-state index in [1.54, 1.807) is 22.0 Å². The monoisotopic (exact) mass is 314 g/mol. The maximum absolute atomic E-state index is 12.3. The zero-order valence-corrected chi connectivity index (χ0v) is 13.1. The molecule has 0 radical (unpaired) electrons. The van der Waals surface area contributed by atoms with Gasteiger partial charge in [0.05, 0.1) is 9.75 Å². The van der Waals surface area contributed by atoms with E-state index in [9.17, 15) is 4.79 Å². The average molecular weight is 314 g/mol. The number of nitrogens with zero attached hydrogens (tertiary/aromatic N) is 3. The summed E-state index contributed by atoms with van der Waals surface area (Å²) >= 11 is 3.05. The van der Waals surface area contributed by atoms with Crippen LogP contribution in [0.5, 0.6) is 0 Å². The molecule has 1 aromatic heterocycles. The van der Waals surface area contributed by atoms with Crippen LogP contribution in [0.25, 0.3) is 0 Å². The number of oxime groups is 1. The van der Waals surface area contributed by atoms with Crippen molar-refractivity contribution in [1.29, 1.82) is 0 Å². The Bertz CT molecular complexity index is 521. The number of hydrogen-bond donors (Lipinski definition) is 2. The molecule has 0 aliphatic carbocycles. The van der Waals surface area contributed by atoms with Gasteiger partial charge in [0.1, 0.15) is 5.69 Å². The van der Waals surface area contributed by atoms with Crippen LogP contribution in [0.3, 0.4) is 0 Å². The molecule has 2 heterocycles. The van der Waals surface area contributed by atoms with E-state index in [4.69, 9.17) is 10.9 Å². The molecule has 0 aromatic carbocycles. The first kappa shape index (κ1) is 15.1. The van der Waals surface area contributed by atoms with E-state index in [0.717, 1.165) is 5.01 Å². The zero-order valence-electron chi connectivity index (χ0n) is 11.5. The minimum absolute atomic E-state index is 0.0384. The van der Waals surface area contributed by atoms with Crippen molar-refractivity contribution in [3.05, 3.63) is 16.1 Å². The van der Waals surface area contributed by atoms with Crippen LogP contribution < -0.4 is 5.73 Å². The lowest BCUT2D eigenvalue weighted by molar-refractivity contribution is 0.0712. The minimum Gasteiger partial charge on any atom is -0.409 e. The van der Waals surface area contributed by atoms with Crippen LogP contribution in [-0.2, 0) is 0 Å². The van der Waals surface area contributed by atoms with Crippen molar-refractivity contribution in [2.45, 2.75) is 24.5 Å². The quantitative estimate of drug-likeness (QED) is 0.382. The molecule has 0 saturated carbocycles. The van der Waals surface area contributed by atoms with Crippen molar-refractivity contribution in [3.8, 4) is 0 Å². The lowest BCUT2D eigenvalue weighted by Crippen LogP contribution is -2.51. The van der Waals surface area contributed by atoms with Gasteiger partial charge in [0.25, 0.3) is 5.91 Å². The predicted molar refractivity (Wildman–Crippen MR) is 81.6 cm³/mol. The Morgan fingerprint density at radius 1 is 1.60 bits per heavy atom. The van der Waals surface area contributed by atoms with Gasteiger partial charge in [-0.15, -0.1) is 11.3 Å². The zero-order chi connectivity index (χ0) is 14.8. The fraction of sp³-hybridized carbons (Fsp3) is 0.583. The van der Waals surface area contributed by atoms with Gasteiger partial charge < -0.3 is 15.8 Å². The Hall–Kier alpha value is -1.28. The second-order valence-electron chi connectivity index (χ2n) is 4.73. The second-order valence-corrected chi connectivity index (χ2v) is 6.98. The summed E-state index contributed by atoms with van der Waals surface area (Å²) in [5, 5.41) is 14.7. The number of piperidine rings is 1. The van der Waals surface area contributed by atoms with Crippen LogP contribution in [-0.4, -0.2) is 50.9 Å². The summed E-state index contributed by atoms with van der Waals surface area (Å²) in [6.45, 7) is 3.06. The molecular weight excluding hydrogens is 296 g/mol. The molecule has 0 bridgehead atoms. The molecule has 0 atom stereocenters. The van der Waals surface area contributed by atoms with Gasteiger partial charge in [-0.25, -0.2) is 4.98 Å². The molecule has 110 valence electrons. The first-order chi connectivity index (χ1) is 9.52. The highest BCUT2D eigenvalue weighted by atomic mass is 32.2. The van der Waals surface area contributed by atoms with Crippen molar-refractivity contribution >= 4 is 34.8 Å². The minimum atomic E-state index is -0.372. The summed E-state index contributed by atoms with van der Waals surface area (Å²) in [6.07, 6.45) is 3.30. The van der Waals surface area contributed by atoms with Crippen LogP contribution in [0.1, 0.15) is 28.3 Å². The third-order valence-corrected chi connectivity index (χ3v) is 5.83. The number of aryl methyl sites for hydroxylation is 1. The Kier molecular flexibility index (Phi) is 4.54. The fourth-order valence-corrected chi connectivity index (χ4v) is 3.78. The van der Waals surface area contributed by atoms with Gasteiger partial charge in [-0.3, -0.25) is 4.79 Å². The highest BCUT2D eigenvalue weighted by Gasteiger charge is 2.39. The normalized spacial score (nSPS) is 19.1. The molecule has 1 aliphatic rings. The highest BCUT2D eigenvalue weighted by Crippen LogP contribution is 2.35. The molecule has 20 heavy (non-hydrogen) atoms. The third-order valence-electron chi connectivity index (χ3n) is 3.66. The topological polar surface area (TPSA) is 91.8 Å². The molecule has 1 fully saturated rings. The number of thiazole rings is 1. The predicted octanol–water partition coefficient (Wildman–Crippen LogP) is 1.54. The van der Waals surface area contributed by atoms with Gasteiger partial charge in [-0.1, -0.05) is 5.16 Å². The fourth-order valence-electron chi connectivity index (χ4n) is 2.35. The molecule has 0 spiro atoms. The molecule has 6 nitrogen and oxygen atoms in total. The van der Waals surface area contributed by atoms with Crippen LogP contribution in [0.4, 0.5) is 0 Å². The van der Waals surface area contributed by atoms with Gasteiger partial charge in [0.2, 0.25) is 0 Å². The van der Waals surface area contributed by atoms with E-state index in [-0.39, 0.29) is 16.5 Å². The molecule has 1 aliphatic heterocycles. The molecule has 2 rings (SSSR count). The van der Waals surface area contributed by atoms with Crippen molar-refractivity contribution in [2.24, 2.45) is 10.9 Å². The van der Waals surface area contributed by atoms with E-state index in [1.165, 1.54) is 11.3 Å². The smallest absolute Gasteiger partial charge is 0.273 e. The molecule has 1 amide bonds. The van der Waals surface area contributed by atoms with Crippen LogP contribution >= 0.6 is 23.1 Å². The number of thioether (sulfide) groups is 1. The Morgan fingerprint density at radius 3 is 2.70 bits per heavy atom. The van der Waals surface area contributed by atoms with Gasteiger partial charge in [-0.05, 0) is 26.0 Å². The van der Waals surface area contributed by atoms with Crippen molar-refractivity contribution in [3.63, 3.8) is 0 Å². The Morgan fingerprint density at radius 2 is 2.25 bits per heavy atom. The van der Waals surface area contributed by atoms with Crippen LogP contribution in [0.2, 0.25) is 0 Å². The summed E-state index contributed by atoms with van der Waals surface area (Å²) in [7, 11) is 0. The third kappa shape index (κ3) is 2.76. The number of aromatic nitrogens is 1. The SMILES string of the molecule is CSC1(C(N)=NO)CCN(C(=O)c2csc(C)n2)CC1. The van der Waals surface area contributed by atoms with Crippen molar-refractivity contribution < 1.29 is 10.0 Å². The lowest BCUT2D eigenvalue weighted by atomic mass is 9.94. The number of rotatable bonds is 3. The van der Waals surface area contributed by atoms with Gasteiger partial charge in [-0.2, -0.15) is 11.8 Å². The molecule has 1 aromatic rings. The summed E-state index contributed by atoms with van der Waals surface area (Å²) in [4.78, 5) is 18.3.